The number of non-ortho nitro benzene ring substituents is 1. The molecule has 2 aromatic rings. The van der Waals surface area contributed by atoms with Crippen molar-refractivity contribution in [2.75, 3.05) is 7.11 Å². The first-order chi connectivity index (χ1) is 10.7. The number of hydrogen-bond donors (Lipinski definition) is 0. The number of nitrogens with zero attached hydrogens (tertiary/aromatic N) is 3. The van der Waals surface area contributed by atoms with Crippen LogP contribution in [0.5, 0.6) is 5.75 Å². The third-order valence-corrected chi connectivity index (χ3v) is 2.87. The summed E-state index contributed by atoms with van der Waals surface area (Å²) in [6.45, 7) is 5.28. The monoisotopic (exact) mass is 319 g/mol. The molecule has 0 N–H and O–H groups in total. The molecule has 0 saturated carbocycles. The molecule has 8 nitrogen and oxygen atoms in total. The quantitative estimate of drug-likeness (QED) is 0.636. The van der Waals surface area contributed by atoms with Crippen molar-refractivity contribution in [2.24, 2.45) is 0 Å². The molecule has 0 aliphatic heterocycles. The van der Waals surface area contributed by atoms with Crippen molar-refractivity contribution < 1.29 is 19.2 Å². The zero-order chi connectivity index (χ0) is 17.2. The fraction of sp³-hybridized carbons (Fsp3) is 0.333. The van der Waals surface area contributed by atoms with Crippen LogP contribution in [0.15, 0.2) is 30.6 Å². The van der Waals surface area contributed by atoms with Gasteiger partial charge in [-0.05, 0) is 26.8 Å². The highest BCUT2D eigenvalue weighted by molar-refractivity contribution is 5.75. The Labute approximate surface area is 132 Å². The van der Waals surface area contributed by atoms with Crippen LogP contribution in [0.1, 0.15) is 20.8 Å². The highest BCUT2D eigenvalue weighted by atomic mass is 16.6. The Kier molecular flexibility index (Phi) is 4.35. The first-order valence-electron chi connectivity index (χ1n) is 6.82. The fourth-order valence-electron chi connectivity index (χ4n) is 1.90. The summed E-state index contributed by atoms with van der Waals surface area (Å²) >= 11 is 0. The highest BCUT2D eigenvalue weighted by Crippen LogP contribution is 2.32. The summed E-state index contributed by atoms with van der Waals surface area (Å²) in [5, 5.41) is 14.8. The molecular weight excluding hydrogens is 302 g/mol. The summed E-state index contributed by atoms with van der Waals surface area (Å²) in [5.41, 5.74) is 0.467. The number of hydrogen-bond acceptors (Lipinski definition) is 6. The first-order valence-corrected chi connectivity index (χ1v) is 6.82. The van der Waals surface area contributed by atoms with E-state index in [0.29, 0.717) is 16.9 Å². The van der Waals surface area contributed by atoms with Gasteiger partial charge in [-0.25, -0.2) is 4.79 Å². The molecule has 0 radical (unpaired) electrons. The van der Waals surface area contributed by atoms with Gasteiger partial charge in [0.25, 0.3) is 5.69 Å². The Hall–Kier alpha value is -2.90. The van der Waals surface area contributed by atoms with Gasteiger partial charge < -0.3 is 9.47 Å². The Morgan fingerprint density at radius 1 is 1.35 bits per heavy atom. The van der Waals surface area contributed by atoms with E-state index >= 15 is 0 Å². The molecule has 0 unspecified atom stereocenters. The average Bonchev–Trinajstić information content (AvgIpc) is 2.94. The van der Waals surface area contributed by atoms with Crippen molar-refractivity contribution in [3.05, 3.63) is 40.7 Å². The molecule has 0 aliphatic carbocycles. The van der Waals surface area contributed by atoms with Crippen molar-refractivity contribution in [1.29, 1.82) is 0 Å². The van der Waals surface area contributed by atoms with Crippen LogP contribution >= 0.6 is 0 Å². The summed E-state index contributed by atoms with van der Waals surface area (Å²) in [4.78, 5) is 22.3. The van der Waals surface area contributed by atoms with Gasteiger partial charge in [0.05, 0.1) is 24.3 Å². The van der Waals surface area contributed by atoms with Crippen molar-refractivity contribution >= 4 is 11.8 Å². The van der Waals surface area contributed by atoms with Crippen LogP contribution in [0, 0.1) is 10.1 Å². The zero-order valence-electron chi connectivity index (χ0n) is 13.3. The van der Waals surface area contributed by atoms with E-state index in [1.165, 1.54) is 31.6 Å². The largest absolute Gasteiger partial charge is 0.496 e. The minimum absolute atomic E-state index is 0.0786. The topological polar surface area (TPSA) is 96.5 Å². The van der Waals surface area contributed by atoms with E-state index in [9.17, 15) is 14.9 Å². The van der Waals surface area contributed by atoms with Gasteiger partial charge >= 0.3 is 6.09 Å². The predicted octanol–water partition coefficient (Wildman–Crippen LogP) is 3.25. The van der Waals surface area contributed by atoms with Crippen LogP contribution in [-0.4, -0.2) is 33.5 Å². The van der Waals surface area contributed by atoms with E-state index < -0.39 is 16.6 Å². The molecule has 23 heavy (non-hydrogen) atoms. The minimum atomic E-state index is -0.631. The number of aromatic nitrogens is 2. The van der Waals surface area contributed by atoms with Gasteiger partial charge in [0, 0.05) is 23.4 Å². The van der Waals surface area contributed by atoms with Crippen LogP contribution in [0.3, 0.4) is 0 Å². The molecule has 0 aliphatic rings. The lowest BCUT2D eigenvalue weighted by atomic mass is 10.1. The molecule has 1 aromatic carbocycles. The lowest BCUT2D eigenvalue weighted by Crippen LogP contribution is -2.27. The summed E-state index contributed by atoms with van der Waals surface area (Å²) in [6.07, 6.45) is 2.34. The average molecular weight is 319 g/mol. The summed E-state index contributed by atoms with van der Waals surface area (Å²) in [5.74, 6) is 0.322. The molecule has 0 bridgehead atoms. The molecule has 122 valence electrons. The number of ether oxygens (including phenoxy) is 2. The third kappa shape index (κ3) is 3.85. The Morgan fingerprint density at radius 2 is 2.04 bits per heavy atom. The number of nitro groups is 1. The van der Waals surface area contributed by atoms with Gasteiger partial charge in [0.1, 0.15) is 11.4 Å². The van der Waals surface area contributed by atoms with E-state index in [1.807, 2.05) is 0 Å². The number of methoxy groups -OCH3 is 1. The molecule has 0 atom stereocenters. The van der Waals surface area contributed by atoms with Gasteiger partial charge in [-0.1, -0.05) is 0 Å². The zero-order valence-corrected chi connectivity index (χ0v) is 13.3. The standard InChI is InChI=1S/C15H17N3O5/c1-15(2,3)23-14(19)17-9-10(8-16-17)12-6-5-11(18(20)21)7-13(12)22-4/h5-9H,1-4H3. The van der Waals surface area contributed by atoms with E-state index in [-0.39, 0.29) is 5.69 Å². The van der Waals surface area contributed by atoms with Crippen molar-refractivity contribution in [1.82, 2.24) is 9.78 Å². The van der Waals surface area contributed by atoms with E-state index in [1.54, 1.807) is 26.8 Å². The molecule has 8 heteroatoms. The lowest BCUT2D eigenvalue weighted by molar-refractivity contribution is -0.384. The normalized spacial score (nSPS) is 11.1. The summed E-state index contributed by atoms with van der Waals surface area (Å²) in [6, 6.07) is 4.23. The number of carbonyl (C=O) groups excluding carboxylic acids is 1. The smallest absolute Gasteiger partial charge is 0.435 e. The second-order valence-corrected chi connectivity index (χ2v) is 5.80. The first kappa shape index (κ1) is 16.5. The van der Waals surface area contributed by atoms with Gasteiger partial charge in [-0.15, -0.1) is 0 Å². The molecule has 0 spiro atoms. The third-order valence-electron chi connectivity index (χ3n) is 2.87. The molecule has 2 rings (SSSR count). The van der Waals surface area contributed by atoms with Crippen LogP contribution in [0.2, 0.25) is 0 Å². The minimum Gasteiger partial charge on any atom is -0.496 e. The number of rotatable bonds is 3. The van der Waals surface area contributed by atoms with Gasteiger partial charge in [-0.3, -0.25) is 10.1 Å². The van der Waals surface area contributed by atoms with Crippen LogP contribution in [-0.2, 0) is 4.74 Å². The van der Waals surface area contributed by atoms with Crippen molar-refractivity contribution in [3.8, 4) is 16.9 Å². The second-order valence-electron chi connectivity index (χ2n) is 5.80. The van der Waals surface area contributed by atoms with Gasteiger partial charge in [-0.2, -0.15) is 9.78 Å². The van der Waals surface area contributed by atoms with Gasteiger partial charge in [0.15, 0.2) is 0 Å². The van der Waals surface area contributed by atoms with Crippen LogP contribution in [0.25, 0.3) is 11.1 Å². The Bertz CT molecular complexity index is 746. The maximum Gasteiger partial charge on any atom is 0.435 e. The summed E-state index contributed by atoms with van der Waals surface area (Å²) in [7, 11) is 1.42. The lowest BCUT2D eigenvalue weighted by Gasteiger charge is -2.18. The molecular formula is C15H17N3O5. The van der Waals surface area contributed by atoms with Crippen LogP contribution in [0.4, 0.5) is 10.5 Å². The van der Waals surface area contributed by atoms with Gasteiger partial charge in [0.2, 0.25) is 0 Å². The van der Waals surface area contributed by atoms with Crippen LogP contribution < -0.4 is 4.74 Å². The van der Waals surface area contributed by atoms with E-state index in [2.05, 4.69) is 5.10 Å². The number of nitro benzene ring substituents is 1. The number of benzene rings is 1. The predicted molar refractivity (Wildman–Crippen MR) is 82.5 cm³/mol. The Balaban J connectivity index is 2.33. The second kappa shape index (κ2) is 6.07. The van der Waals surface area contributed by atoms with Crippen molar-refractivity contribution in [2.45, 2.75) is 26.4 Å². The fourth-order valence-corrected chi connectivity index (χ4v) is 1.90. The molecule has 1 heterocycles. The summed E-state index contributed by atoms with van der Waals surface area (Å²) < 4.78 is 11.5. The SMILES string of the molecule is COc1cc([N+](=O)[O-])ccc1-c1cnn(C(=O)OC(C)(C)C)c1. The van der Waals surface area contributed by atoms with E-state index in [4.69, 9.17) is 9.47 Å². The van der Waals surface area contributed by atoms with E-state index in [0.717, 1.165) is 4.68 Å². The van der Waals surface area contributed by atoms with Crippen molar-refractivity contribution in [3.63, 3.8) is 0 Å². The molecule has 0 amide bonds. The molecule has 1 aromatic heterocycles. The maximum absolute atomic E-state index is 12.0. The molecule has 0 saturated heterocycles. The maximum atomic E-state index is 12.0. The Morgan fingerprint density at radius 3 is 2.61 bits per heavy atom. The highest BCUT2D eigenvalue weighted by Gasteiger charge is 2.20. The number of carbonyl (C=O) groups is 1. The molecule has 0 fully saturated rings.